The zero-order chi connectivity index (χ0) is 17.9. The van der Waals surface area contributed by atoms with Crippen LogP contribution in [-0.2, 0) is 9.53 Å². The number of hydrogen-bond acceptors (Lipinski definition) is 4. The van der Waals surface area contributed by atoms with Crippen LogP contribution in [0.25, 0.3) is 10.9 Å². The van der Waals surface area contributed by atoms with Crippen molar-refractivity contribution in [2.24, 2.45) is 0 Å². The molecule has 0 unspecified atom stereocenters. The Morgan fingerprint density at radius 1 is 1.12 bits per heavy atom. The number of H-pyrrole nitrogens is 1. The van der Waals surface area contributed by atoms with Crippen molar-refractivity contribution < 1.29 is 14.3 Å². The molecule has 1 aliphatic heterocycles. The zero-order valence-corrected chi connectivity index (χ0v) is 14.0. The predicted molar refractivity (Wildman–Crippen MR) is 98.1 cm³/mol. The molecule has 1 atom stereocenters. The minimum absolute atomic E-state index is 0.175. The van der Waals surface area contributed by atoms with Crippen LogP contribution in [0, 0.1) is 0 Å². The Kier molecular flexibility index (Phi) is 4.37. The SMILES string of the molecule is O=C(Nc1ccc2[nH]ncc2c1)c1cccc(NC(=O)[C@@H]2CCCO2)c1. The molecule has 0 aliphatic carbocycles. The fourth-order valence-electron chi connectivity index (χ4n) is 2.97. The van der Waals surface area contributed by atoms with Crippen molar-refractivity contribution in [2.45, 2.75) is 18.9 Å². The lowest BCUT2D eigenvalue weighted by molar-refractivity contribution is -0.124. The number of carbonyl (C=O) groups excluding carboxylic acids is 2. The highest BCUT2D eigenvalue weighted by Crippen LogP contribution is 2.19. The monoisotopic (exact) mass is 350 g/mol. The molecular formula is C19H18N4O3. The van der Waals surface area contributed by atoms with E-state index in [0.29, 0.717) is 23.5 Å². The van der Waals surface area contributed by atoms with Crippen molar-refractivity contribution >= 4 is 34.1 Å². The molecule has 1 saturated heterocycles. The van der Waals surface area contributed by atoms with Crippen LogP contribution in [0.1, 0.15) is 23.2 Å². The molecule has 4 rings (SSSR count). The van der Waals surface area contributed by atoms with Crippen molar-refractivity contribution in [3.63, 3.8) is 0 Å². The molecule has 2 heterocycles. The average molecular weight is 350 g/mol. The maximum Gasteiger partial charge on any atom is 0.255 e. The Morgan fingerprint density at radius 2 is 2.00 bits per heavy atom. The molecule has 7 heteroatoms. The molecule has 2 amide bonds. The van der Waals surface area contributed by atoms with Gasteiger partial charge in [0.15, 0.2) is 0 Å². The maximum absolute atomic E-state index is 12.5. The number of aromatic nitrogens is 2. The fourth-order valence-corrected chi connectivity index (χ4v) is 2.97. The number of hydrogen-bond donors (Lipinski definition) is 3. The first-order valence-corrected chi connectivity index (χ1v) is 8.46. The van der Waals surface area contributed by atoms with Gasteiger partial charge in [0.05, 0.1) is 11.7 Å². The number of rotatable bonds is 4. The molecular weight excluding hydrogens is 332 g/mol. The molecule has 132 valence electrons. The van der Waals surface area contributed by atoms with Crippen LogP contribution in [0.5, 0.6) is 0 Å². The van der Waals surface area contributed by atoms with Crippen LogP contribution in [0.2, 0.25) is 0 Å². The summed E-state index contributed by atoms with van der Waals surface area (Å²) in [6.07, 6.45) is 2.91. The van der Waals surface area contributed by atoms with E-state index >= 15 is 0 Å². The number of benzene rings is 2. The third-order valence-electron chi connectivity index (χ3n) is 4.31. The van der Waals surface area contributed by atoms with Crippen LogP contribution in [-0.4, -0.2) is 34.7 Å². The normalized spacial score (nSPS) is 16.5. The highest BCUT2D eigenvalue weighted by Gasteiger charge is 2.23. The smallest absolute Gasteiger partial charge is 0.255 e. The first-order valence-electron chi connectivity index (χ1n) is 8.46. The molecule has 26 heavy (non-hydrogen) atoms. The van der Waals surface area contributed by atoms with Crippen LogP contribution >= 0.6 is 0 Å². The van der Waals surface area contributed by atoms with E-state index in [9.17, 15) is 9.59 Å². The third-order valence-corrected chi connectivity index (χ3v) is 4.31. The number of aromatic amines is 1. The molecule has 1 fully saturated rings. The van der Waals surface area contributed by atoms with Crippen molar-refractivity contribution in [3.8, 4) is 0 Å². The summed E-state index contributed by atoms with van der Waals surface area (Å²) in [6.45, 7) is 0.613. The van der Waals surface area contributed by atoms with Gasteiger partial charge in [-0.05, 0) is 49.2 Å². The quantitative estimate of drug-likeness (QED) is 0.674. The number of ether oxygens (including phenoxy) is 1. The van der Waals surface area contributed by atoms with Gasteiger partial charge >= 0.3 is 0 Å². The Hall–Kier alpha value is -3.19. The van der Waals surface area contributed by atoms with Gasteiger partial charge in [0.25, 0.3) is 11.8 Å². The first-order chi connectivity index (χ1) is 12.7. The lowest BCUT2D eigenvalue weighted by Gasteiger charge is -2.11. The Labute approximate surface area is 149 Å². The zero-order valence-electron chi connectivity index (χ0n) is 14.0. The minimum atomic E-state index is -0.408. The molecule has 3 N–H and O–H groups in total. The van der Waals surface area contributed by atoms with E-state index < -0.39 is 6.10 Å². The van der Waals surface area contributed by atoms with E-state index in [1.807, 2.05) is 18.2 Å². The topological polar surface area (TPSA) is 96.1 Å². The summed E-state index contributed by atoms with van der Waals surface area (Å²) in [5.41, 5.74) is 2.62. The van der Waals surface area contributed by atoms with Gasteiger partial charge in [-0.25, -0.2) is 0 Å². The second-order valence-corrected chi connectivity index (χ2v) is 6.20. The van der Waals surface area contributed by atoms with Crippen molar-refractivity contribution in [1.82, 2.24) is 10.2 Å². The molecule has 2 aromatic carbocycles. The number of nitrogens with zero attached hydrogens (tertiary/aromatic N) is 1. The Balaban J connectivity index is 1.46. The number of fused-ring (bicyclic) bond motifs is 1. The lowest BCUT2D eigenvalue weighted by Crippen LogP contribution is -2.27. The lowest BCUT2D eigenvalue weighted by atomic mass is 10.1. The molecule has 0 saturated carbocycles. The summed E-state index contributed by atoms with van der Waals surface area (Å²) in [7, 11) is 0. The largest absolute Gasteiger partial charge is 0.368 e. The number of nitrogens with one attached hydrogen (secondary N) is 3. The van der Waals surface area contributed by atoms with Crippen molar-refractivity contribution in [1.29, 1.82) is 0 Å². The Bertz CT molecular complexity index is 960. The van der Waals surface area contributed by atoms with Gasteiger partial charge < -0.3 is 15.4 Å². The summed E-state index contributed by atoms with van der Waals surface area (Å²) >= 11 is 0. The second kappa shape index (κ2) is 6.97. The van der Waals surface area contributed by atoms with E-state index in [2.05, 4.69) is 20.8 Å². The number of anilines is 2. The van der Waals surface area contributed by atoms with Gasteiger partial charge in [-0.2, -0.15) is 5.10 Å². The van der Waals surface area contributed by atoms with Crippen LogP contribution in [0.15, 0.2) is 48.7 Å². The summed E-state index contributed by atoms with van der Waals surface area (Å²) in [5.74, 6) is -0.425. The van der Waals surface area contributed by atoms with Crippen molar-refractivity contribution in [3.05, 3.63) is 54.2 Å². The number of amides is 2. The molecule has 1 aromatic heterocycles. The highest BCUT2D eigenvalue weighted by molar-refractivity contribution is 6.06. The summed E-state index contributed by atoms with van der Waals surface area (Å²) in [6, 6.07) is 12.4. The Morgan fingerprint density at radius 3 is 2.85 bits per heavy atom. The van der Waals surface area contributed by atoms with Crippen molar-refractivity contribution in [2.75, 3.05) is 17.2 Å². The van der Waals surface area contributed by atoms with E-state index in [1.54, 1.807) is 30.5 Å². The van der Waals surface area contributed by atoms with E-state index in [4.69, 9.17) is 4.74 Å². The highest BCUT2D eigenvalue weighted by atomic mass is 16.5. The first kappa shape index (κ1) is 16.3. The standard InChI is InChI=1S/C19H18N4O3/c24-18(21-15-6-7-16-13(10-15)11-20-23-16)12-3-1-4-14(9-12)22-19(25)17-5-2-8-26-17/h1,3-4,6-7,9-11,17H,2,5,8H2,(H,20,23)(H,21,24)(H,22,25)/t17-/m0/s1. The van der Waals surface area contributed by atoms with E-state index in [0.717, 1.165) is 23.7 Å². The predicted octanol–water partition coefficient (Wildman–Crippen LogP) is 2.93. The molecule has 0 bridgehead atoms. The minimum Gasteiger partial charge on any atom is -0.368 e. The van der Waals surface area contributed by atoms with E-state index in [1.165, 1.54) is 0 Å². The number of carbonyl (C=O) groups is 2. The molecule has 0 spiro atoms. The van der Waals surface area contributed by atoms with E-state index in [-0.39, 0.29) is 11.8 Å². The third kappa shape index (κ3) is 3.43. The summed E-state index contributed by atoms with van der Waals surface area (Å²) in [4.78, 5) is 24.7. The van der Waals surface area contributed by atoms with Gasteiger partial charge in [-0.1, -0.05) is 6.07 Å². The summed E-state index contributed by atoms with van der Waals surface area (Å²) < 4.78 is 5.37. The average Bonchev–Trinajstić information content (AvgIpc) is 3.33. The van der Waals surface area contributed by atoms with Crippen LogP contribution in [0.4, 0.5) is 11.4 Å². The van der Waals surface area contributed by atoms with Gasteiger partial charge in [0.1, 0.15) is 6.10 Å². The van der Waals surface area contributed by atoms with Gasteiger partial charge in [-0.3, -0.25) is 14.7 Å². The van der Waals surface area contributed by atoms with Gasteiger partial charge in [0, 0.05) is 28.9 Å². The molecule has 0 radical (unpaired) electrons. The molecule has 1 aliphatic rings. The fraction of sp³-hybridized carbons (Fsp3) is 0.211. The summed E-state index contributed by atoms with van der Waals surface area (Å²) in [5, 5.41) is 13.4. The van der Waals surface area contributed by atoms with Gasteiger partial charge in [-0.15, -0.1) is 0 Å². The van der Waals surface area contributed by atoms with Crippen LogP contribution < -0.4 is 10.6 Å². The van der Waals surface area contributed by atoms with Crippen LogP contribution in [0.3, 0.4) is 0 Å². The maximum atomic E-state index is 12.5. The molecule has 7 nitrogen and oxygen atoms in total. The van der Waals surface area contributed by atoms with Gasteiger partial charge in [0.2, 0.25) is 0 Å². The second-order valence-electron chi connectivity index (χ2n) is 6.20. The molecule has 3 aromatic rings.